The van der Waals surface area contributed by atoms with Gasteiger partial charge in [-0.25, -0.2) is 0 Å². The first-order valence-electron chi connectivity index (χ1n) is 34.8. The molecule has 8 aliphatic carbocycles. The van der Waals surface area contributed by atoms with Crippen LogP contribution in [0, 0.1) is 511 Å². The molecule has 0 heterocycles. The summed E-state index contributed by atoms with van der Waals surface area (Å²) in [6.07, 6.45) is 42.6. The van der Waals surface area contributed by atoms with Crippen molar-refractivity contribution in [3.8, 4) is 0 Å². The zero-order chi connectivity index (χ0) is 61.3. The maximum Gasteiger partial charge on any atom is 0.145 e. The van der Waals surface area contributed by atoms with Crippen LogP contribution in [0.15, 0.2) is 97.1 Å². The van der Waals surface area contributed by atoms with Gasteiger partial charge < -0.3 is 18.9 Å². The Bertz CT molecular complexity index is 1670. The van der Waals surface area contributed by atoms with E-state index in [9.17, 15) is 0 Å². The smallest absolute Gasteiger partial charge is 0.145 e. The Labute approximate surface area is 952 Å². The summed E-state index contributed by atoms with van der Waals surface area (Å²) < 4.78 is 17.7. The monoisotopic (exact) mass is 1630 g/mol. The molecule has 95 heavy (non-hydrogen) atoms. The predicted molar refractivity (Wildman–Crippen MR) is 374 cm³/mol. The maximum atomic E-state index is 4.54. The summed E-state index contributed by atoms with van der Waals surface area (Å²) in [5.41, 5.74) is 1.35. The molecule has 8 saturated carbocycles. The van der Waals surface area contributed by atoms with E-state index < -0.39 is 0 Å². The van der Waals surface area contributed by atoms with Crippen LogP contribution in [0.2, 0.25) is 0 Å². The molecule has 0 aromatic heterocycles. The molecule has 0 spiro atoms. The fourth-order valence-electron chi connectivity index (χ4n) is 15.4. The molecule has 4 aromatic rings. The molecule has 8 unspecified atom stereocenters. The molecule has 8 aliphatic rings. The first-order valence-corrected chi connectivity index (χ1v) is 34.8. The van der Waals surface area contributed by atoms with E-state index in [0.29, 0.717) is 17.6 Å². The van der Waals surface area contributed by atoms with E-state index in [1.165, 1.54) is 150 Å². The number of hydrogen-bond acceptors (Lipinski definition) is 4. The quantitative estimate of drug-likeness (QED) is 0.192. The van der Waals surface area contributed by atoms with Crippen molar-refractivity contribution in [1.29, 1.82) is 0 Å². The summed E-state index contributed by atoms with van der Waals surface area (Å²) in [6, 6.07) is 33.4. The number of benzene rings is 4. The van der Waals surface area contributed by atoms with Gasteiger partial charge in [-0.05, 0) is 138 Å². The van der Waals surface area contributed by atoms with Gasteiger partial charge >= 0.3 is 0 Å². The van der Waals surface area contributed by atoms with E-state index in [-0.39, 0.29) is 460 Å². The van der Waals surface area contributed by atoms with Crippen molar-refractivity contribution >= 4 is 21.5 Å². The van der Waals surface area contributed by atoms with Crippen LogP contribution < -0.4 is 0 Å². The molecule has 12 rings (SSSR count). The summed E-state index contributed by atoms with van der Waals surface area (Å²) in [4.78, 5) is 0. The van der Waals surface area contributed by atoms with Crippen LogP contribution in [-0.2, 0) is 18.9 Å². The third-order valence-electron chi connectivity index (χ3n) is 19.0. The number of methoxy groups -OCH3 is 4. The summed E-state index contributed by atoms with van der Waals surface area (Å²) in [5.74, 6) is 8.83. The van der Waals surface area contributed by atoms with Gasteiger partial charge in [-0.3, -0.25) is 0 Å². The van der Waals surface area contributed by atoms with E-state index in [1.54, 1.807) is 86.9 Å². The topological polar surface area (TPSA) is 36.9 Å². The Hall–Kier alpha value is 12.4. The second kappa shape index (κ2) is 96.9. The normalized spacial score (nSPS) is 21.6. The third kappa shape index (κ3) is 59.6. The van der Waals surface area contributed by atoms with Gasteiger partial charge in [-0.1, -0.05) is 316 Å². The molecule has 0 aliphatic heterocycles. The van der Waals surface area contributed by atoms with E-state index >= 15 is 0 Å². The zero-order valence-electron chi connectivity index (χ0n) is 61.9. The van der Waals surface area contributed by atoms with Crippen LogP contribution >= 0.6 is 0 Å². The van der Waals surface area contributed by atoms with Gasteiger partial charge in [0.05, 0.1) is 0 Å². The third-order valence-corrected chi connectivity index (χ3v) is 19.0. The molecule has 0 bridgehead atoms. The van der Waals surface area contributed by atoms with Crippen molar-refractivity contribution in [1.82, 2.24) is 0 Å². The molecular formula is C79H142Ar12O4. The molecule has 4 aromatic carbocycles. The van der Waals surface area contributed by atoms with E-state index in [1.807, 2.05) is 62.3 Å². The molecule has 4 nitrogen and oxygen atoms in total. The van der Waals surface area contributed by atoms with Gasteiger partial charge in [-0.2, -0.15) is 0 Å². The Kier molecular flexibility index (Phi) is 142. The number of rotatable bonds is 3. The number of hydrogen-bond donors (Lipinski definition) is 0. The summed E-state index contributed by atoms with van der Waals surface area (Å²) >= 11 is 0. The average Bonchev–Trinajstić information content (AvgIpc) is 1.61. The molecular weight excluding hydrogens is 1490 g/mol. The van der Waals surface area contributed by atoms with Crippen LogP contribution in [-0.4, -0.2) is 48.9 Å². The van der Waals surface area contributed by atoms with E-state index in [0.717, 1.165) is 54.0 Å². The van der Waals surface area contributed by atoms with E-state index in [4.69, 9.17) is 0 Å². The van der Waals surface area contributed by atoms with Gasteiger partial charge in [0.25, 0.3) is 0 Å². The van der Waals surface area contributed by atoms with Crippen molar-refractivity contribution < 1.29 is 472 Å². The van der Waals surface area contributed by atoms with Gasteiger partial charge in [0, 0.05) is 495 Å². The van der Waals surface area contributed by atoms with Gasteiger partial charge in [0.15, 0.2) is 0 Å². The molecule has 0 N–H and O–H groups in total. The largest absolute Gasteiger partial charge is 0.388 e. The van der Waals surface area contributed by atoms with Gasteiger partial charge in [0.1, 0.15) is 6.79 Å². The second-order valence-electron chi connectivity index (χ2n) is 24.5. The zero-order valence-corrected chi connectivity index (χ0v) is 70.4. The van der Waals surface area contributed by atoms with Crippen LogP contribution in [0.4, 0.5) is 0 Å². The van der Waals surface area contributed by atoms with Crippen molar-refractivity contribution in [3.05, 3.63) is 97.1 Å². The average molecular weight is 1640 g/mol. The fraction of sp³-hybridized carbons (Fsp3) is 0.747. The van der Waals surface area contributed by atoms with Crippen LogP contribution in [0.3, 0.4) is 0 Å². The van der Waals surface area contributed by atoms with Crippen molar-refractivity contribution in [2.24, 2.45) is 58.2 Å². The summed E-state index contributed by atoms with van der Waals surface area (Å²) in [7, 11) is 8.10. The minimum atomic E-state index is 0. The van der Waals surface area contributed by atoms with Crippen LogP contribution in [0.5, 0.6) is 0 Å². The summed E-state index contributed by atoms with van der Waals surface area (Å²) in [6.45, 7) is 29.5. The Balaban J connectivity index is -0.0000000649. The Morgan fingerprint density at radius 2 is 0.411 bits per heavy atom. The number of fused-ring (bicyclic) bond motifs is 8. The standard InChI is InChI=1S/2C15H26.2C10H8.2C6H12.C3H8O2.C3H8O.C2H6O.4C2H6.CH4.12Ar/c2*1-15(2)13-9-5-3-7-11(13)12-8-4-6-10-14(12)15;2*1-2-6-10-8-4-3-7-9(10)5-1;2*1-2-4-6-5-3-1;1-4-3-5-2;1-3-4-2;1-3-2;4*1-2;;;;;;;;;;;;;/h2*11-14H,3-10H2,1-2H3;2*1-8H;2*1-6H2;3H2,1-2H3;3H2,1-2H3;1-2H3;4*1-2H3;1H4;;;;;;;;;;;;. The molecule has 16 heteroatoms. The van der Waals surface area contributed by atoms with Crippen LogP contribution in [0.1, 0.15) is 277 Å². The molecule has 578 valence electrons. The molecule has 8 fully saturated rings. The van der Waals surface area contributed by atoms with Crippen molar-refractivity contribution in [2.75, 3.05) is 48.9 Å². The molecule has 0 amide bonds. The number of ether oxygens (including phenoxy) is 4. The van der Waals surface area contributed by atoms with Crippen molar-refractivity contribution in [2.45, 2.75) is 277 Å². The maximum absolute atomic E-state index is 4.54. The van der Waals surface area contributed by atoms with E-state index in [2.05, 4.69) is 144 Å². The molecule has 0 radical (unpaired) electrons. The first-order chi connectivity index (χ1) is 40.1. The summed E-state index contributed by atoms with van der Waals surface area (Å²) in [5, 5.41) is 5.24. The van der Waals surface area contributed by atoms with Crippen LogP contribution in [0.25, 0.3) is 21.5 Å². The first kappa shape index (κ1) is 139. The second-order valence-corrected chi connectivity index (χ2v) is 24.5. The molecule has 8 atom stereocenters. The minimum Gasteiger partial charge on any atom is -0.388 e. The molecule has 0 saturated heterocycles. The predicted octanol–water partition coefficient (Wildman–Crippen LogP) is 25.5. The minimum absolute atomic E-state index is 0. The Morgan fingerprint density at radius 3 is 0.526 bits per heavy atom. The van der Waals surface area contributed by atoms with Crippen molar-refractivity contribution in [3.63, 3.8) is 0 Å². The van der Waals surface area contributed by atoms with Gasteiger partial charge in [0.2, 0.25) is 0 Å². The SMILES string of the molecule is C.C1CCCCC1.C1CCCCC1.CC.CC.CC.CC.CC1(C)C2CCCCC2C2CCCCC21.CC1(C)C2CCCCC2C2CCCCC21.CCOC.COC.COCOC.[Ar].[Ar].[Ar].[Ar].[Ar].[Ar].[Ar].[Ar].[Ar].[Ar].[Ar].[Ar].c1ccc2ccccc2c1.c1ccc2ccccc2c1. The van der Waals surface area contributed by atoms with Gasteiger partial charge in [-0.15, -0.1) is 0 Å². The Morgan fingerprint density at radius 1 is 0.274 bits per heavy atom. The fourth-order valence-corrected chi connectivity index (χ4v) is 15.4.